The van der Waals surface area contributed by atoms with Crippen LogP contribution in [0.25, 0.3) is 11.3 Å². The average molecular weight is 358 g/mol. The Bertz CT molecular complexity index is 971. The molecule has 0 radical (unpaired) electrons. The van der Waals surface area contributed by atoms with Crippen molar-refractivity contribution in [1.82, 2.24) is 9.78 Å². The summed E-state index contributed by atoms with van der Waals surface area (Å²) in [6.45, 7) is -0.288. The van der Waals surface area contributed by atoms with Crippen LogP contribution in [0.15, 0.2) is 65.5 Å². The van der Waals surface area contributed by atoms with E-state index in [9.17, 15) is 14.0 Å². The van der Waals surface area contributed by atoms with Crippen molar-refractivity contribution in [2.75, 3.05) is 5.32 Å². The zero-order chi connectivity index (χ0) is 17.8. The highest BCUT2D eigenvalue weighted by atomic mass is 35.5. The van der Waals surface area contributed by atoms with Gasteiger partial charge >= 0.3 is 0 Å². The van der Waals surface area contributed by atoms with Crippen molar-refractivity contribution in [3.63, 3.8) is 0 Å². The number of halogens is 2. The normalized spacial score (nSPS) is 10.5. The second-order valence-electron chi connectivity index (χ2n) is 5.25. The summed E-state index contributed by atoms with van der Waals surface area (Å²) in [6, 6.07) is 15.3. The SMILES string of the molecule is O=C(Cn1nc(-c2ccccc2F)ccc1=O)Nc1ccc(Cl)cc1. The standard InChI is InChI=1S/C18H13ClFN3O2/c19-12-5-7-13(8-6-12)21-17(24)11-23-18(25)10-9-16(22-23)14-3-1-2-4-15(14)20/h1-10H,11H2,(H,21,24). The van der Waals surface area contributed by atoms with Crippen LogP contribution < -0.4 is 10.9 Å². The summed E-state index contributed by atoms with van der Waals surface area (Å²) in [5.74, 6) is -0.881. The number of amides is 1. The summed E-state index contributed by atoms with van der Waals surface area (Å²) in [6.07, 6.45) is 0. The number of benzene rings is 2. The molecule has 1 N–H and O–H groups in total. The quantitative estimate of drug-likeness (QED) is 0.778. The van der Waals surface area contributed by atoms with Crippen molar-refractivity contribution in [3.8, 4) is 11.3 Å². The molecular weight excluding hydrogens is 345 g/mol. The number of aromatic nitrogens is 2. The molecule has 0 bridgehead atoms. The first kappa shape index (κ1) is 16.9. The number of nitrogens with zero attached hydrogens (tertiary/aromatic N) is 2. The van der Waals surface area contributed by atoms with E-state index in [1.807, 2.05) is 0 Å². The molecule has 0 aliphatic rings. The Kier molecular flexibility index (Phi) is 4.90. The molecule has 1 amide bonds. The fraction of sp³-hybridized carbons (Fsp3) is 0.0556. The lowest BCUT2D eigenvalue weighted by Crippen LogP contribution is -2.29. The van der Waals surface area contributed by atoms with E-state index in [1.54, 1.807) is 42.5 Å². The van der Waals surface area contributed by atoms with Crippen LogP contribution in [-0.2, 0) is 11.3 Å². The van der Waals surface area contributed by atoms with E-state index in [2.05, 4.69) is 10.4 Å². The molecule has 1 heterocycles. The summed E-state index contributed by atoms with van der Waals surface area (Å²) in [7, 11) is 0. The molecule has 3 rings (SSSR count). The van der Waals surface area contributed by atoms with Gasteiger partial charge in [0.25, 0.3) is 5.56 Å². The minimum atomic E-state index is -0.453. The van der Waals surface area contributed by atoms with Gasteiger partial charge in [-0.25, -0.2) is 9.07 Å². The van der Waals surface area contributed by atoms with Gasteiger partial charge in [-0.1, -0.05) is 23.7 Å². The van der Waals surface area contributed by atoms with Gasteiger partial charge in [-0.3, -0.25) is 9.59 Å². The molecule has 0 saturated carbocycles. The van der Waals surface area contributed by atoms with Gasteiger partial charge < -0.3 is 5.32 Å². The van der Waals surface area contributed by atoms with Crippen LogP contribution in [0.4, 0.5) is 10.1 Å². The van der Waals surface area contributed by atoms with Crippen LogP contribution in [0.1, 0.15) is 0 Å². The van der Waals surface area contributed by atoms with Crippen molar-refractivity contribution < 1.29 is 9.18 Å². The Balaban J connectivity index is 1.81. The third kappa shape index (κ3) is 4.10. The Labute approximate surface area is 147 Å². The molecule has 126 valence electrons. The molecule has 2 aromatic carbocycles. The number of hydrogen-bond acceptors (Lipinski definition) is 3. The largest absolute Gasteiger partial charge is 0.324 e. The topological polar surface area (TPSA) is 64.0 Å². The molecule has 0 spiro atoms. The third-order valence-electron chi connectivity index (χ3n) is 3.44. The second kappa shape index (κ2) is 7.27. The lowest BCUT2D eigenvalue weighted by atomic mass is 10.1. The molecule has 0 fully saturated rings. The van der Waals surface area contributed by atoms with Gasteiger partial charge in [0.2, 0.25) is 5.91 Å². The number of carbonyl (C=O) groups is 1. The van der Waals surface area contributed by atoms with Crippen LogP contribution in [0, 0.1) is 5.82 Å². The fourth-order valence-electron chi connectivity index (χ4n) is 2.24. The molecule has 0 aliphatic heterocycles. The summed E-state index contributed by atoms with van der Waals surface area (Å²) >= 11 is 5.79. The Morgan fingerprint density at radius 1 is 1.08 bits per heavy atom. The highest BCUT2D eigenvalue weighted by Gasteiger charge is 2.10. The maximum Gasteiger partial charge on any atom is 0.267 e. The van der Waals surface area contributed by atoms with Crippen LogP contribution >= 0.6 is 11.6 Å². The monoisotopic (exact) mass is 357 g/mol. The van der Waals surface area contributed by atoms with Crippen LogP contribution in [0.2, 0.25) is 5.02 Å². The van der Waals surface area contributed by atoms with E-state index in [0.717, 1.165) is 4.68 Å². The zero-order valence-electron chi connectivity index (χ0n) is 12.9. The van der Waals surface area contributed by atoms with Gasteiger partial charge in [-0.05, 0) is 42.5 Å². The van der Waals surface area contributed by atoms with Crippen LogP contribution in [-0.4, -0.2) is 15.7 Å². The Morgan fingerprint density at radius 2 is 1.80 bits per heavy atom. The molecule has 0 aliphatic carbocycles. The van der Waals surface area contributed by atoms with E-state index in [-0.39, 0.29) is 17.8 Å². The maximum atomic E-state index is 13.9. The number of anilines is 1. The molecule has 0 unspecified atom stereocenters. The third-order valence-corrected chi connectivity index (χ3v) is 3.69. The summed E-state index contributed by atoms with van der Waals surface area (Å²) < 4.78 is 14.9. The van der Waals surface area contributed by atoms with E-state index in [4.69, 9.17) is 11.6 Å². The van der Waals surface area contributed by atoms with Crippen molar-refractivity contribution in [2.24, 2.45) is 0 Å². The van der Waals surface area contributed by atoms with Gasteiger partial charge in [0.05, 0.1) is 5.69 Å². The fourth-order valence-corrected chi connectivity index (χ4v) is 2.37. The molecule has 0 atom stereocenters. The Morgan fingerprint density at radius 3 is 2.52 bits per heavy atom. The second-order valence-corrected chi connectivity index (χ2v) is 5.69. The lowest BCUT2D eigenvalue weighted by Gasteiger charge is -2.09. The minimum Gasteiger partial charge on any atom is -0.324 e. The van der Waals surface area contributed by atoms with Crippen LogP contribution in [0.5, 0.6) is 0 Å². The molecule has 3 aromatic rings. The molecule has 7 heteroatoms. The zero-order valence-corrected chi connectivity index (χ0v) is 13.7. The minimum absolute atomic E-state index is 0.259. The predicted octanol–water partition coefficient (Wildman–Crippen LogP) is 3.34. The number of hydrogen-bond donors (Lipinski definition) is 1. The van der Waals surface area contributed by atoms with Crippen molar-refractivity contribution >= 4 is 23.2 Å². The summed E-state index contributed by atoms with van der Waals surface area (Å²) in [5.41, 5.74) is 0.630. The van der Waals surface area contributed by atoms with Crippen molar-refractivity contribution in [2.45, 2.75) is 6.54 Å². The van der Waals surface area contributed by atoms with Crippen molar-refractivity contribution in [3.05, 3.63) is 81.9 Å². The molecule has 25 heavy (non-hydrogen) atoms. The van der Waals surface area contributed by atoms with Crippen molar-refractivity contribution in [1.29, 1.82) is 0 Å². The van der Waals surface area contributed by atoms with Gasteiger partial charge in [-0.15, -0.1) is 0 Å². The summed E-state index contributed by atoms with van der Waals surface area (Å²) in [5, 5.41) is 7.27. The van der Waals surface area contributed by atoms with Gasteiger partial charge in [0.1, 0.15) is 12.4 Å². The van der Waals surface area contributed by atoms with E-state index < -0.39 is 17.3 Å². The molecule has 5 nitrogen and oxygen atoms in total. The first-order valence-corrected chi connectivity index (χ1v) is 7.79. The lowest BCUT2D eigenvalue weighted by molar-refractivity contribution is -0.117. The average Bonchev–Trinajstić information content (AvgIpc) is 2.59. The smallest absolute Gasteiger partial charge is 0.267 e. The van der Waals surface area contributed by atoms with E-state index in [0.29, 0.717) is 10.7 Å². The first-order valence-electron chi connectivity index (χ1n) is 7.41. The summed E-state index contributed by atoms with van der Waals surface area (Å²) in [4.78, 5) is 24.0. The number of rotatable bonds is 4. The molecule has 0 saturated heterocycles. The maximum absolute atomic E-state index is 13.9. The Hall–Kier alpha value is -2.99. The highest BCUT2D eigenvalue weighted by molar-refractivity contribution is 6.30. The van der Waals surface area contributed by atoms with Gasteiger partial charge in [-0.2, -0.15) is 5.10 Å². The highest BCUT2D eigenvalue weighted by Crippen LogP contribution is 2.19. The number of nitrogens with one attached hydrogen (secondary N) is 1. The molecular formula is C18H13ClFN3O2. The number of carbonyl (C=O) groups excluding carboxylic acids is 1. The first-order chi connectivity index (χ1) is 12.0. The van der Waals surface area contributed by atoms with Crippen LogP contribution in [0.3, 0.4) is 0 Å². The van der Waals surface area contributed by atoms with E-state index in [1.165, 1.54) is 18.2 Å². The van der Waals surface area contributed by atoms with Gasteiger partial charge in [0.15, 0.2) is 0 Å². The van der Waals surface area contributed by atoms with E-state index >= 15 is 0 Å². The predicted molar refractivity (Wildman–Crippen MR) is 94.0 cm³/mol. The van der Waals surface area contributed by atoms with Gasteiger partial charge in [0, 0.05) is 22.3 Å². The molecule has 1 aromatic heterocycles.